The Morgan fingerprint density at radius 2 is 2.10 bits per heavy atom. The molecule has 21 heavy (non-hydrogen) atoms. The zero-order valence-corrected chi connectivity index (χ0v) is 14.7. The van der Waals surface area contributed by atoms with Crippen LogP contribution < -0.4 is 10.5 Å². The maximum absolute atomic E-state index is 12.6. The molecule has 8 heteroatoms. The number of benzene rings is 1. The fourth-order valence-electron chi connectivity index (χ4n) is 2.57. The molecule has 2 atom stereocenters. The molecule has 1 aliphatic carbocycles. The number of nitrogens with one attached hydrogen (secondary N) is 1. The molecule has 1 aliphatic rings. The molecule has 0 aromatic heterocycles. The van der Waals surface area contributed by atoms with E-state index in [0.29, 0.717) is 15.8 Å². The SMILES string of the molecule is CSC1CCCC1NS(=O)(=O)c1cc(Cl)cc(CN)c1Cl. The lowest BCUT2D eigenvalue weighted by Gasteiger charge is -2.20. The maximum Gasteiger partial charge on any atom is 0.242 e. The van der Waals surface area contributed by atoms with Crippen LogP contribution >= 0.6 is 35.0 Å². The molecule has 1 fully saturated rings. The molecule has 0 bridgehead atoms. The average Bonchev–Trinajstić information content (AvgIpc) is 2.87. The van der Waals surface area contributed by atoms with Gasteiger partial charge in [-0.2, -0.15) is 11.8 Å². The van der Waals surface area contributed by atoms with Crippen molar-refractivity contribution in [3.8, 4) is 0 Å². The van der Waals surface area contributed by atoms with Crippen LogP contribution in [-0.2, 0) is 16.6 Å². The van der Waals surface area contributed by atoms with Gasteiger partial charge in [-0.1, -0.05) is 29.6 Å². The van der Waals surface area contributed by atoms with Crippen LogP contribution in [0.15, 0.2) is 17.0 Å². The van der Waals surface area contributed by atoms with E-state index in [0.717, 1.165) is 19.3 Å². The number of halogens is 2. The molecule has 0 aliphatic heterocycles. The minimum absolute atomic E-state index is 0.00358. The third-order valence-corrected chi connectivity index (χ3v) is 7.11. The number of rotatable bonds is 5. The van der Waals surface area contributed by atoms with Crippen molar-refractivity contribution in [2.45, 2.75) is 42.0 Å². The van der Waals surface area contributed by atoms with Crippen molar-refractivity contribution in [2.75, 3.05) is 6.26 Å². The summed E-state index contributed by atoms with van der Waals surface area (Å²) in [5, 5.41) is 0.757. The Morgan fingerprint density at radius 1 is 1.38 bits per heavy atom. The van der Waals surface area contributed by atoms with Gasteiger partial charge in [-0.3, -0.25) is 0 Å². The first-order valence-electron chi connectivity index (χ1n) is 6.62. The maximum atomic E-state index is 12.6. The second kappa shape index (κ2) is 7.06. The summed E-state index contributed by atoms with van der Waals surface area (Å²) in [4.78, 5) is 0.00358. The van der Waals surface area contributed by atoms with Crippen LogP contribution in [0.4, 0.5) is 0 Å². The smallest absolute Gasteiger partial charge is 0.242 e. The summed E-state index contributed by atoms with van der Waals surface area (Å²) >= 11 is 13.8. The largest absolute Gasteiger partial charge is 0.326 e. The van der Waals surface area contributed by atoms with Gasteiger partial charge >= 0.3 is 0 Å². The highest BCUT2D eigenvalue weighted by Crippen LogP contribution is 2.32. The van der Waals surface area contributed by atoms with Crippen LogP contribution in [-0.4, -0.2) is 26.0 Å². The summed E-state index contributed by atoms with van der Waals surface area (Å²) in [7, 11) is -3.71. The molecule has 2 rings (SSSR count). The summed E-state index contributed by atoms with van der Waals surface area (Å²) in [6.07, 6.45) is 4.88. The first kappa shape index (κ1) is 17.4. The van der Waals surface area contributed by atoms with Gasteiger partial charge in [0.25, 0.3) is 0 Å². The van der Waals surface area contributed by atoms with Crippen molar-refractivity contribution in [1.82, 2.24) is 4.72 Å². The standard InChI is InChI=1S/C13H18Cl2N2O2S2/c1-20-11-4-2-3-10(11)17-21(18,19)12-6-9(14)5-8(7-16)13(12)15/h5-6,10-11,17H,2-4,7,16H2,1H3. The molecule has 2 unspecified atom stereocenters. The molecule has 0 amide bonds. The highest BCUT2D eigenvalue weighted by molar-refractivity contribution is 7.99. The van der Waals surface area contributed by atoms with Crippen LogP contribution in [0.2, 0.25) is 10.0 Å². The van der Waals surface area contributed by atoms with Gasteiger partial charge in [0.1, 0.15) is 4.90 Å². The van der Waals surface area contributed by atoms with Crippen molar-refractivity contribution >= 4 is 45.0 Å². The molecule has 0 radical (unpaired) electrons. The van der Waals surface area contributed by atoms with E-state index in [1.807, 2.05) is 6.26 Å². The van der Waals surface area contributed by atoms with Gasteiger partial charge in [0.05, 0.1) is 5.02 Å². The van der Waals surface area contributed by atoms with Gasteiger partial charge in [-0.15, -0.1) is 0 Å². The van der Waals surface area contributed by atoms with E-state index in [-0.39, 0.29) is 22.5 Å². The molecule has 4 nitrogen and oxygen atoms in total. The van der Waals surface area contributed by atoms with Crippen LogP contribution in [0.3, 0.4) is 0 Å². The molecule has 0 spiro atoms. The van der Waals surface area contributed by atoms with E-state index >= 15 is 0 Å². The van der Waals surface area contributed by atoms with Gasteiger partial charge in [0.2, 0.25) is 10.0 Å². The Labute approximate surface area is 139 Å². The van der Waals surface area contributed by atoms with Gasteiger partial charge in [0.15, 0.2) is 0 Å². The molecule has 1 aromatic carbocycles. The quantitative estimate of drug-likeness (QED) is 0.837. The average molecular weight is 369 g/mol. The summed E-state index contributed by atoms with van der Waals surface area (Å²) in [5.41, 5.74) is 6.10. The molecule has 118 valence electrons. The minimum atomic E-state index is -3.71. The molecular weight excluding hydrogens is 351 g/mol. The zero-order chi connectivity index (χ0) is 15.6. The normalized spacial score (nSPS) is 22.7. The number of hydrogen-bond donors (Lipinski definition) is 2. The monoisotopic (exact) mass is 368 g/mol. The predicted molar refractivity (Wildman–Crippen MR) is 89.6 cm³/mol. The predicted octanol–water partition coefficient (Wildman–Crippen LogP) is 3.01. The van der Waals surface area contributed by atoms with Crippen molar-refractivity contribution in [2.24, 2.45) is 5.73 Å². The van der Waals surface area contributed by atoms with Gasteiger partial charge in [0, 0.05) is 22.9 Å². The van der Waals surface area contributed by atoms with Crippen LogP contribution in [0, 0.1) is 0 Å². The van der Waals surface area contributed by atoms with Gasteiger partial charge in [-0.05, 0) is 36.8 Å². The molecule has 0 heterocycles. The lowest BCUT2D eigenvalue weighted by Crippen LogP contribution is -2.38. The third kappa shape index (κ3) is 3.86. The van der Waals surface area contributed by atoms with E-state index in [2.05, 4.69) is 4.72 Å². The second-order valence-corrected chi connectivity index (χ2v) is 8.59. The molecule has 1 aromatic rings. The summed E-state index contributed by atoms with van der Waals surface area (Å²) in [6.45, 7) is 0.138. The number of sulfonamides is 1. The molecule has 1 saturated carbocycles. The Balaban J connectivity index is 2.34. The number of thioether (sulfide) groups is 1. The minimum Gasteiger partial charge on any atom is -0.326 e. The number of nitrogens with two attached hydrogens (primary N) is 1. The van der Waals surface area contributed by atoms with E-state index in [4.69, 9.17) is 28.9 Å². The fourth-order valence-corrected chi connectivity index (χ4v) is 5.84. The van der Waals surface area contributed by atoms with Crippen molar-refractivity contribution in [1.29, 1.82) is 0 Å². The summed E-state index contributed by atoms with van der Waals surface area (Å²) in [5.74, 6) is 0. The van der Waals surface area contributed by atoms with E-state index < -0.39 is 10.0 Å². The van der Waals surface area contributed by atoms with Crippen LogP contribution in [0.5, 0.6) is 0 Å². The van der Waals surface area contributed by atoms with Gasteiger partial charge < -0.3 is 5.73 Å². The lowest BCUT2D eigenvalue weighted by molar-refractivity contribution is 0.555. The van der Waals surface area contributed by atoms with Crippen LogP contribution in [0.25, 0.3) is 0 Å². The number of hydrogen-bond acceptors (Lipinski definition) is 4. The lowest BCUT2D eigenvalue weighted by atomic mass is 10.2. The molecule has 3 N–H and O–H groups in total. The summed E-state index contributed by atoms with van der Waals surface area (Å²) < 4.78 is 27.9. The van der Waals surface area contributed by atoms with Crippen molar-refractivity contribution in [3.05, 3.63) is 27.7 Å². The van der Waals surface area contributed by atoms with Crippen molar-refractivity contribution < 1.29 is 8.42 Å². The van der Waals surface area contributed by atoms with Crippen molar-refractivity contribution in [3.63, 3.8) is 0 Å². The van der Waals surface area contributed by atoms with E-state index in [9.17, 15) is 8.42 Å². The Kier molecular flexibility index (Phi) is 5.84. The van der Waals surface area contributed by atoms with Gasteiger partial charge in [-0.25, -0.2) is 13.1 Å². The van der Waals surface area contributed by atoms with E-state index in [1.54, 1.807) is 17.8 Å². The van der Waals surface area contributed by atoms with Crippen LogP contribution in [0.1, 0.15) is 24.8 Å². The fraction of sp³-hybridized carbons (Fsp3) is 0.538. The topological polar surface area (TPSA) is 72.2 Å². The Morgan fingerprint density at radius 3 is 2.71 bits per heavy atom. The Bertz CT molecular complexity index is 623. The molecular formula is C13H18Cl2N2O2S2. The zero-order valence-electron chi connectivity index (χ0n) is 11.6. The molecule has 0 saturated heterocycles. The summed E-state index contributed by atoms with van der Waals surface area (Å²) in [6, 6.07) is 2.89. The third-order valence-electron chi connectivity index (χ3n) is 3.65. The highest BCUT2D eigenvalue weighted by atomic mass is 35.5. The second-order valence-electron chi connectivity index (χ2n) is 5.01. The Hall–Kier alpha value is 0.0200. The first-order valence-corrected chi connectivity index (χ1v) is 10.1. The first-order chi connectivity index (χ1) is 9.89. The van der Waals surface area contributed by atoms with E-state index in [1.165, 1.54) is 6.07 Å². The highest BCUT2D eigenvalue weighted by Gasteiger charge is 2.32.